The number of aromatic nitrogens is 1. The lowest BCUT2D eigenvalue weighted by molar-refractivity contribution is -0.0541. The third-order valence-electron chi connectivity index (χ3n) is 7.88. The van der Waals surface area contributed by atoms with E-state index in [1.807, 2.05) is 25.1 Å². The second kappa shape index (κ2) is 8.78. The molecule has 4 rings (SSSR count). The van der Waals surface area contributed by atoms with Crippen molar-refractivity contribution in [3.8, 4) is 0 Å². The number of carbonyl (C=O) groups is 2. The highest BCUT2D eigenvalue weighted by atomic mass is 16.3. The van der Waals surface area contributed by atoms with Crippen LogP contribution in [0.1, 0.15) is 97.2 Å². The Hall–Kier alpha value is -2.53. The Labute approximate surface area is 190 Å². The minimum atomic E-state index is -0.618. The van der Waals surface area contributed by atoms with Crippen LogP contribution in [0.5, 0.6) is 0 Å². The largest absolute Gasteiger partial charge is 0.390 e. The van der Waals surface area contributed by atoms with Crippen LogP contribution in [0, 0.1) is 12.8 Å². The van der Waals surface area contributed by atoms with Crippen molar-refractivity contribution >= 4 is 17.4 Å². The van der Waals surface area contributed by atoms with Crippen LogP contribution in [-0.2, 0) is 5.41 Å². The molecule has 2 aliphatic rings. The van der Waals surface area contributed by atoms with Crippen molar-refractivity contribution in [3.05, 3.63) is 58.9 Å². The number of nitrogens with zero attached hydrogens (tertiary/aromatic N) is 1. The molecule has 1 aromatic heterocycles. The molecule has 0 spiro atoms. The van der Waals surface area contributed by atoms with Crippen LogP contribution in [0.4, 0.5) is 5.69 Å². The second-order valence-electron chi connectivity index (χ2n) is 9.70. The van der Waals surface area contributed by atoms with Gasteiger partial charge in [-0.05, 0) is 86.6 Å². The molecule has 1 saturated carbocycles. The minimum absolute atomic E-state index is 0.105. The van der Waals surface area contributed by atoms with E-state index in [0.717, 1.165) is 56.2 Å². The summed E-state index contributed by atoms with van der Waals surface area (Å²) in [7, 11) is 0. The van der Waals surface area contributed by atoms with Crippen molar-refractivity contribution in [2.24, 2.45) is 5.92 Å². The fourth-order valence-electron chi connectivity index (χ4n) is 6.10. The Kier molecular flexibility index (Phi) is 6.22. The first-order valence-corrected chi connectivity index (χ1v) is 11.9. The smallest absolute Gasteiger partial charge is 0.255 e. The molecule has 1 heterocycles. The monoisotopic (exact) mass is 434 g/mol. The Morgan fingerprint density at radius 1 is 1.25 bits per heavy atom. The van der Waals surface area contributed by atoms with Gasteiger partial charge in [0, 0.05) is 23.7 Å². The highest BCUT2D eigenvalue weighted by molar-refractivity contribution is 6.07. The Balaban J connectivity index is 1.69. The van der Waals surface area contributed by atoms with Gasteiger partial charge in [-0.1, -0.05) is 26.3 Å². The van der Waals surface area contributed by atoms with Gasteiger partial charge in [0.15, 0.2) is 5.78 Å². The second-order valence-corrected chi connectivity index (χ2v) is 9.70. The maximum Gasteiger partial charge on any atom is 0.255 e. The molecular weight excluding hydrogens is 400 g/mol. The summed E-state index contributed by atoms with van der Waals surface area (Å²) in [4.78, 5) is 30.3. The summed E-state index contributed by atoms with van der Waals surface area (Å²) in [6.45, 7) is 6.16. The molecule has 1 aromatic carbocycles. The van der Waals surface area contributed by atoms with Crippen LogP contribution in [-0.4, -0.2) is 27.4 Å². The van der Waals surface area contributed by atoms with Crippen molar-refractivity contribution in [2.75, 3.05) is 5.32 Å². The standard InChI is InChI=1S/C27H34N2O3/c1-4-12-26(32)13-14-27(5-2)20(17-26)9-11-24(30)21-16-19(8-10-22(21)27)25(31)29-23-7-6-15-28-18(23)3/h6-8,10,15-16,20,32H,4-5,9,11-14,17H2,1-3H3,(H,29,31)/t20-,26-,27+/m1/s1. The topological polar surface area (TPSA) is 79.3 Å². The first kappa shape index (κ1) is 22.7. The van der Waals surface area contributed by atoms with E-state index in [2.05, 4.69) is 24.1 Å². The molecule has 0 aliphatic heterocycles. The summed E-state index contributed by atoms with van der Waals surface area (Å²) in [6, 6.07) is 9.25. The number of hydrogen-bond acceptors (Lipinski definition) is 4. The van der Waals surface area contributed by atoms with Gasteiger partial charge in [0.2, 0.25) is 0 Å². The minimum Gasteiger partial charge on any atom is -0.390 e. The normalized spacial score (nSPS) is 27.2. The van der Waals surface area contributed by atoms with Crippen molar-refractivity contribution in [1.29, 1.82) is 0 Å². The van der Waals surface area contributed by atoms with Gasteiger partial charge in [-0.2, -0.15) is 0 Å². The van der Waals surface area contributed by atoms with Crippen LogP contribution in [0.25, 0.3) is 0 Å². The first-order chi connectivity index (χ1) is 15.3. The van der Waals surface area contributed by atoms with Crippen molar-refractivity contribution < 1.29 is 14.7 Å². The lowest BCUT2D eigenvalue weighted by atomic mass is 9.56. The zero-order chi connectivity index (χ0) is 22.9. The van der Waals surface area contributed by atoms with Gasteiger partial charge >= 0.3 is 0 Å². The van der Waals surface area contributed by atoms with Crippen LogP contribution in [0.3, 0.4) is 0 Å². The third-order valence-corrected chi connectivity index (χ3v) is 7.88. The van der Waals surface area contributed by atoms with Crippen molar-refractivity contribution in [3.63, 3.8) is 0 Å². The van der Waals surface area contributed by atoms with Crippen LogP contribution in [0.2, 0.25) is 0 Å². The number of amides is 1. The quantitative estimate of drug-likeness (QED) is 0.642. The zero-order valence-corrected chi connectivity index (χ0v) is 19.4. The summed E-state index contributed by atoms with van der Waals surface area (Å²) in [5, 5.41) is 14.1. The molecule has 3 atom stereocenters. The van der Waals surface area contributed by atoms with Gasteiger partial charge in [-0.3, -0.25) is 14.6 Å². The number of rotatable bonds is 5. The molecule has 0 radical (unpaired) electrons. The van der Waals surface area contributed by atoms with Gasteiger partial charge in [0.25, 0.3) is 5.91 Å². The molecule has 170 valence electrons. The van der Waals surface area contributed by atoms with Gasteiger partial charge in [0.1, 0.15) is 0 Å². The lowest BCUT2D eigenvalue weighted by Gasteiger charge is -2.50. The summed E-state index contributed by atoms with van der Waals surface area (Å²) < 4.78 is 0. The third kappa shape index (κ3) is 3.99. The number of fused-ring (bicyclic) bond motifs is 3. The Morgan fingerprint density at radius 3 is 2.78 bits per heavy atom. The lowest BCUT2D eigenvalue weighted by Crippen LogP contribution is -2.47. The number of pyridine rings is 1. The van der Waals surface area contributed by atoms with Gasteiger partial charge < -0.3 is 10.4 Å². The van der Waals surface area contributed by atoms with E-state index >= 15 is 0 Å². The van der Waals surface area contributed by atoms with Crippen molar-refractivity contribution in [2.45, 2.75) is 83.2 Å². The summed E-state index contributed by atoms with van der Waals surface area (Å²) in [5.74, 6) is 0.151. The number of anilines is 1. The first-order valence-electron chi connectivity index (χ1n) is 11.9. The number of aryl methyl sites for hydroxylation is 1. The number of carbonyl (C=O) groups excluding carboxylic acids is 2. The van der Waals surface area contributed by atoms with Gasteiger partial charge in [-0.25, -0.2) is 0 Å². The molecule has 32 heavy (non-hydrogen) atoms. The van der Waals surface area contributed by atoms with Crippen molar-refractivity contribution in [1.82, 2.24) is 4.98 Å². The summed E-state index contributed by atoms with van der Waals surface area (Å²) in [6.07, 6.45) is 8.07. The van der Waals surface area contributed by atoms with E-state index in [1.54, 1.807) is 18.3 Å². The SMILES string of the molecule is CCC[C@@]1(O)CC[C@]2(CC)c3ccc(C(=O)Nc4cccnc4C)cc3C(=O)CC[C@@H]2C1. The van der Waals surface area contributed by atoms with E-state index in [9.17, 15) is 14.7 Å². The van der Waals surface area contributed by atoms with Crippen LogP contribution >= 0.6 is 0 Å². The molecule has 0 saturated heterocycles. The molecule has 5 nitrogen and oxygen atoms in total. The summed E-state index contributed by atoms with van der Waals surface area (Å²) in [5.41, 5.74) is 2.94. The van der Waals surface area contributed by atoms with E-state index in [0.29, 0.717) is 23.2 Å². The fourth-order valence-corrected chi connectivity index (χ4v) is 6.10. The summed E-state index contributed by atoms with van der Waals surface area (Å²) >= 11 is 0. The molecule has 2 aliphatic carbocycles. The fraction of sp³-hybridized carbons (Fsp3) is 0.519. The predicted octanol–water partition coefficient (Wildman–Crippen LogP) is 5.60. The number of Topliss-reactive ketones (excluding diaryl/α,β-unsaturated/α-hetero) is 1. The molecular formula is C27H34N2O3. The van der Waals surface area contributed by atoms with E-state index < -0.39 is 5.60 Å². The van der Waals surface area contributed by atoms with Gasteiger partial charge in [0.05, 0.1) is 17.0 Å². The van der Waals surface area contributed by atoms with Gasteiger partial charge in [-0.15, -0.1) is 0 Å². The van der Waals surface area contributed by atoms with E-state index in [-0.39, 0.29) is 23.0 Å². The van der Waals surface area contributed by atoms with E-state index in [1.165, 1.54) is 0 Å². The molecule has 2 aromatic rings. The molecule has 5 heteroatoms. The maximum atomic E-state index is 13.2. The maximum absolute atomic E-state index is 13.2. The molecule has 0 bridgehead atoms. The Bertz CT molecular complexity index is 1030. The van der Waals surface area contributed by atoms with E-state index in [4.69, 9.17) is 0 Å². The predicted molar refractivity (Wildman–Crippen MR) is 126 cm³/mol. The molecule has 2 N–H and O–H groups in total. The average Bonchev–Trinajstić information content (AvgIpc) is 2.90. The van der Waals surface area contributed by atoms with Crippen LogP contribution in [0.15, 0.2) is 36.5 Å². The number of aliphatic hydroxyl groups is 1. The number of hydrogen-bond donors (Lipinski definition) is 2. The number of ketones is 1. The molecule has 1 fully saturated rings. The highest BCUT2D eigenvalue weighted by Gasteiger charge is 2.50. The Morgan fingerprint density at radius 2 is 2.06 bits per heavy atom. The van der Waals surface area contributed by atoms with Crippen LogP contribution < -0.4 is 5.32 Å². The number of benzene rings is 1. The zero-order valence-electron chi connectivity index (χ0n) is 19.4. The highest BCUT2D eigenvalue weighted by Crippen LogP contribution is 2.54. The number of nitrogens with one attached hydrogen (secondary N) is 1. The molecule has 1 amide bonds. The molecule has 0 unspecified atom stereocenters. The average molecular weight is 435 g/mol.